The highest BCUT2D eigenvalue weighted by Gasteiger charge is 2.16. The van der Waals surface area contributed by atoms with E-state index >= 15 is 0 Å². The number of esters is 1. The summed E-state index contributed by atoms with van der Waals surface area (Å²) < 4.78 is 12.7. The Morgan fingerprint density at radius 1 is 1.03 bits per heavy atom. The molecular formula is C25H17N3O5S. The molecule has 0 fully saturated rings. The molecule has 0 bridgehead atoms. The summed E-state index contributed by atoms with van der Waals surface area (Å²) >= 11 is 1.18. The predicted molar refractivity (Wildman–Crippen MR) is 127 cm³/mol. The van der Waals surface area contributed by atoms with E-state index in [4.69, 9.17) is 9.15 Å². The average Bonchev–Trinajstić information content (AvgIpc) is 3.51. The van der Waals surface area contributed by atoms with Crippen molar-refractivity contribution in [1.29, 1.82) is 0 Å². The van der Waals surface area contributed by atoms with Crippen molar-refractivity contribution in [2.45, 2.75) is 13.8 Å². The highest BCUT2D eigenvalue weighted by Crippen LogP contribution is 2.28. The van der Waals surface area contributed by atoms with Gasteiger partial charge >= 0.3 is 5.97 Å². The van der Waals surface area contributed by atoms with Crippen LogP contribution in [0.15, 0.2) is 69.9 Å². The van der Waals surface area contributed by atoms with Gasteiger partial charge in [-0.15, -0.1) is 5.10 Å². The quantitative estimate of drug-likeness (QED) is 0.218. The number of hydrogen-bond acceptors (Lipinski definition) is 8. The van der Waals surface area contributed by atoms with Crippen LogP contribution >= 0.6 is 11.3 Å². The molecule has 3 heterocycles. The van der Waals surface area contributed by atoms with E-state index < -0.39 is 5.97 Å². The number of carbonyl (C=O) groups is 2. The number of furan rings is 1. The number of Topliss-reactive ketones (excluding diaryl/α,β-unsaturated/α-hetero) is 1. The topological polar surface area (TPSA) is 104 Å². The van der Waals surface area contributed by atoms with Crippen LogP contribution in [0, 0.1) is 0 Å². The Bertz CT molecular complexity index is 1660. The number of ether oxygens (including phenoxy) is 1. The summed E-state index contributed by atoms with van der Waals surface area (Å²) in [7, 11) is 0. The highest BCUT2D eigenvalue weighted by atomic mass is 32.1. The third-order valence-corrected chi connectivity index (χ3v) is 6.00. The Hall–Kier alpha value is -4.37. The minimum atomic E-state index is -0.456. The van der Waals surface area contributed by atoms with Crippen LogP contribution in [0.4, 0.5) is 0 Å². The molecule has 2 aromatic carbocycles. The molecule has 0 N–H and O–H groups in total. The van der Waals surface area contributed by atoms with E-state index in [0.717, 1.165) is 5.56 Å². The molecule has 0 saturated heterocycles. The van der Waals surface area contributed by atoms with Gasteiger partial charge in [0.15, 0.2) is 11.6 Å². The van der Waals surface area contributed by atoms with Gasteiger partial charge in [-0.3, -0.25) is 14.4 Å². The molecule has 9 heteroatoms. The van der Waals surface area contributed by atoms with Crippen molar-refractivity contribution >= 4 is 34.1 Å². The first kappa shape index (κ1) is 21.5. The molecule has 3 aromatic heterocycles. The van der Waals surface area contributed by atoms with Crippen LogP contribution in [-0.4, -0.2) is 26.4 Å². The molecule has 168 valence electrons. The predicted octanol–water partition coefficient (Wildman–Crippen LogP) is 3.75. The second kappa shape index (κ2) is 8.53. The van der Waals surface area contributed by atoms with Crippen LogP contribution in [0.3, 0.4) is 0 Å². The number of para-hydroxylation sites is 1. The highest BCUT2D eigenvalue weighted by molar-refractivity contribution is 7.15. The van der Waals surface area contributed by atoms with Crippen LogP contribution < -0.4 is 14.8 Å². The van der Waals surface area contributed by atoms with Crippen LogP contribution in [0.2, 0.25) is 0 Å². The summed E-state index contributed by atoms with van der Waals surface area (Å²) in [5, 5.41) is 4.32. The van der Waals surface area contributed by atoms with Gasteiger partial charge in [-0.2, -0.15) is 9.50 Å². The second-order valence-corrected chi connectivity index (χ2v) is 8.48. The zero-order valence-corrected chi connectivity index (χ0v) is 19.0. The fourth-order valence-corrected chi connectivity index (χ4v) is 4.31. The van der Waals surface area contributed by atoms with Gasteiger partial charge in [0, 0.05) is 24.1 Å². The molecule has 0 aliphatic heterocycles. The number of ketones is 1. The molecule has 0 aliphatic carbocycles. The third-order valence-electron chi connectivity index (χ3n) is 5.04. The van der Waals surface area contributed by atoms with Crippen molar-refractivity contribution in [3.8, 4) is 28.5 Å². The minimum Gasteiger partial charge on any atom is -0.457 e. The standard InChI is InChI=1S/C25H17N3O5S/c1-14(29)16-7-9-17(10-8-16)20-12-11-18(33-20)13-22-24(31)28-25(34-22)26-23(27-28)19-5-3-4-6-21(19)32-15(2)30/h3-13H,1-2H3/b22-13-. The lowest BCUT2D eigenvalue weighted by atomic mass is 10.1. The fraction of sp³-hybridized carbons (Fsp3) is 0.0800. The molecule has 0 atom stereocenters. The average molecular weight is 471 g/mol. The number of aromatic nitrogens is 3. The molecule has 0 radical (unpaired) electrons. The monoisotopic (exact) mass is 471 g/mol. The Balaban J connectivity index is 1.47. The van der Waals surface area contributed by atoms with E-state index in [-0.39, 0.29) is 11.3 Å². The number of rotatable bonds is 5. The molecule has 0 spiro atoms. The SMILES string of the molecule is CC(=O)Oc1ccccc1-c1nc2s/c(=C\c3ccc(-c4ccc(C(C)=O)cc4)o3)c(=O)n2n1. The molecular weight excluding hydrogens is 454 g/mol. The summed E-state index contributed by atoms with van der Waals surface area (Å²) in [4.78, 5) is 40.6. The number of nitrogens with zero attached hydrogens (tertiary/aromatic N) is 3. The minimum absolute atomic E-state index is 0.00247. The second-order valence-electron chi connectivity index (χ2n) is 7.47. The number of carbonyl (C=O) groups excluding carboxylic acids is 2. The maximum atomic E-state index is 12.9. The molecule has 34 heavy (non-hydrogen) atoms. The lowest BCUT2D eigenvalue weighted by Gasteiger charge is -2.04. The fourth-order valence-electron chi connectivity index (χ4n) is 3.43. The van der Waals surface area contributed by atoms with Gasteiger partial charge in [-0.1, -0.05) is 47.7 Å². The normalized spacial score (nSPS) is 11.8. The van der Waals surface area contributed by atoms with Gasteiger partial charge in [-0.25, -0.2) is 0 Å². The summed E-state index contributed by atoms with van der Waals surface area (Å²) in [5.74, 6) is 1.29. The number of hydrogen-bond donors (Lipinski definition) is 0. The summed E-state index contributed by atoms with van der Waals surface area (Å²) in [5.41, 5.74) is 1.64. The van der Waals surface area contributed by atoms with Crippen LogP contribution in [0.1, 0.15) is 30.0 Å². The lowest BCUT2D eigenvalue weighted by Crippen LogP contribution is -2.23. The van der Waals surface area contributed by atoms with E-state index in [1.165, 1.54) is 29.7 Å². The van der Waals surface area contributed by atoms with Crippen molar-refractivity contribution < 1.29 is 18.7 Å². The molecule has 5 rings (SSSR count). The summed E-state index contributed by atoms with van der Waals surface area (Å²) in [6.45, 7) is 2.83. The van der Waals surface area contributed by atoms with E-state index in [2.05, 4.69) is 10.1 Å². The zero-order chi connectivity index (χ0) is 23.8. The van der Waals surface area contributed by atoms with Crippen molar-refractivity contribution in [3.63, 3.8) is 0 Å². The van der Waals surface area contributed by atoms with Gasteiger partial charge in [0.05, 0.1) is 5.56 Å². The Morgan fingerprint density at radius 2 is 1.79 bits per heavy atom. The molecule has 0 unspecified atom stereocenters. The smallest absolute Gasteiger partial charge is 0.308 e. The first-order valence-electron chi connectivity index (χ1n) is 10.3. The van der Waals surface area contributed by atoms with Gasteiger partial charge < -0.3 is 9.15 Å². The van der Waals surface area contributed by atoms with Crippen molar-refractivity contribution in [2.24, 2.45) is 0 Å². The van der Waals surface area contributed by atoms with E-state index in [1.807, 2.05) is 12.1 Å². The van der Waals surface area contributed by atoms with Crippen molar-refractivity contribution in [1.82, 2.24) is 14.6 Å². The Kier molecular flexibility index (Phi) is 5.39. The maximum Gasteiger partial charge on any atom is 0.308 e. The Labute approximate surface area is 196 Å². The maximum absolute atomic E-state index is 12.9. The van der Waals surface area contributed by atoms with Crippen molar-refractivity contribution in [2.75, 3.05) is 0 Å². The van der Waals surface area contributed by atoms with Crippen LogP contribution in [0.25, 0.3) is 33.7 Å². The molecule has 8 nitrogen and oxygen atoms in total. The lowest BCUT2D eigenvalue weighted by molar-refractivity contribution is -0.131. The zero-order valence-electron chi connectivity index (χ0n) is 18.1. The first-order valence-corrected chi connectivity index (χ1v) is 11.1. The molecule has 5 aromatic rings. The molecule has 0 aliphatic rings. The van der Waals surface area contributed by atoms with Crippen LogP contribution in [0.5, 0.6) is 5.75 Å². The van der Waals surface area contributed by atoms with Gasteiger partial charge in [0.2, 0.25) is 4.96 Å². The van der Waals surface area contributed by atoms with E-state index in [1.54, 1.807) is 54.6 Å². The number of benzene rings is 2. The molecule has 0 saturated carbocycles. The first-order chi connectivity index (χ1) is 16.4. The van der Waals surface area contributed by atoms with E-state index in [0.29, 0.717) is 43.7 Å². The Morgan fingerprint density at radius 3 is 2.50 bits per heavy atom. The molecule has 0 amide bonds. The number of thiazole rings is 1. The van der Waals surface area contributed by atoms with Gasteiger partial charge in [-0.05, 0) is 31.2 Å². The number of fused-ring (bicyclic) bond motifs is 1. The van der Waals surface area contributed by atoms with Crippen LogP contribution in [-0.2, 0) is 4.79 Å². The third kappa shape index (κ3) is 4.04. The van der Waals surface area contributed by atoms with Gasteiger partial charge in [0.1, 0.15) is 21.8 Å². The largest absolute Gasteiger partial charge is 0.457 e. The van der Waals surface area contributed by atoms with Gasteiger partial charge in [0.25, 0.3) is 5.56 Å². The summed E-state index contributed by atoms with van der Waals surface area (Å²) in [6.07, 6.45) is 1.64. The van der Waals surface area contributed by atoms with Crippen molar-refractivity contribution in [3.05, 3.63) is 86.9 Å². The van der Waals surface area contributed by atoms with E-state index in [9.17, 15) is 14.4 Å². The summed E-state index contributed by atoms with van der Waals surface area (Å²) in [6, 6.07) is 17.6.